The van der Waals surface area contributed by atoms with Crippen LogP contribution in [0.1, 0.15) is 35.1 Å². The van der Waals surface area contributed by atoms with Crippen LogP contribution in [0.15, 0.2) is 17.8 Å². The maximum Gasteiger partial charge on any atom is 0.435 e. The molecule has 1 unspecified atom stereocenters. The highest BCUT2D eigenvalue weighted by Crippen LogP contribution is 2.29. The van der Waals surface area contributed by atoms with E-state index in [1.807, 2.05) is 12.4 Å². The Morgan fingerprint density at radius 2 is 2.22 bits per heavy atom. The number of aromatic nitrogens is 3. The number of hydrogen-bond acceptors (Lipinski definition) is 4. The van der Waals surface area contributed by atoms with Crippen LogP contribution >= 0.6 is 11.3 Å². The van der Waals surface area contributed by atoms with Crippen molar-refractivity contribution in [3.8, 4) is 0 Å². The number of rotatable bonds is 4. The first-order chi connectivity index (χ1) is 10.9. The van der Waals surface area contributed by atoms with Gasteiger partial charge in [-0.1, -0.05) is 0 Å². The minimum absolute atomic E-state index is 0.0161. The summed E-state index contributed by atoms with van der Waals surface area (Å²) < 4.78 is 39.5. The molecule has 0 saturated carbocycles. The highest BCUT2D eigenvalue weighted by Gasteiger charge is 2.34. The second kappa shape index (κ2) is 6.60. The largest absolute Gasteiger partial charge is 0.435 e. The zero-order chi connectivity index (χ0) is 16.4. The summed E-state index contributed by atoms with van der Waals surface area (Å²) in [6, 6.07) is 1.07. The fraction of sp³-hybridized carbons (Fsp3) is 0.600. The number of halogens is 3. The van der Waals surface area contributed by atoms with Gasteiger partial charge in [0, 0.05) is 24.2 Å². The third-order valence-electron chi connectivity index (χ3n) is 4.25. The van der Waals surface area contributed by atoms with Crippen LogP contribution in [-0.4, -0.2) is 39.3 Å². The van der Waals surface area contributed by atoms with Crippen LogP contribution < -0.4 is 0 Å². The van der Waals surface area contributed by atoms with E-state index in [2.05, 4.69) is 15.0 Å². The number of aryl methyl sites for hydroxylation is 1. The first-order valence-electron chi connectivity index (χ1n) is 7.67. The molecule has 2 aromatic heterocycles. The summed E-state index contributed by atoms with van der Waals surface area (Å²) in [7, 11) is 0. The molecule has 1 atom stereocenters. The quantitative estimate of drug-likeness (QED) is 0.851. The summed E-state index contributed by atoms with van der Waals surface area (Å²) >= 11 is 1.66. The molecular weight excluding hydrogens is 325 g/mol. The van der Waals surface area contributed by atoms with Gasteiger partial charge >= 0.3 is 6.18 Å². The Bertz CT molecular complexity index is 649. The minimum Gasteiger partial charge on any atom is -0.301 e. The molecule has 1 saturated heterocycles. The molecule has 1 fully saturated rings. The maximum absolute atomic E-state index is 12.7. The van der Waals surface area contributed by atoms with E-state index in [1.54, 1.807) is 11.3 Å². The molecule has 0 aromatic carbocycles. The van der Waals surface area contributed by atoms with Gasteiger partial charge in [-0.15, -0.1) is 11.3 Å². The van der Waals surface area contributed by atoms with Gasteiger partial charge in [-0.2, -0.15) is 18.3 Å². The van der Waals surface area contributed by atoms with Gasteiger partial charge in [0.05, 0.1) is 17.2 Å². The summed E-state index contributed by atoms with van der Waals surface area (Å²) in [6.07, 6.45) is -0.133. The molecule has 0 aliphatic carbocycles. The monoisotopic (exact) mass is 344 g/mol. The van der Waals surface area contributed by atoms with Crippen LogP contribution in [0.5, 0.6) is 0 Å². The summed E-state index contributed by atoms with van der Waals surface area (Å²) in [5, 5.41) is 3.72. The van der Waals surface area contributed by atoms with Crippen LogP contribution in [-0.2, 0) is 12.6 Å². The molecular formula is C15H19F3N4S. The van der Waals surface area contributed by atoms with E-state index in [1.165, 1.54) is 15.8 Å². The van der Waals surface area contributed by atoms with Gasteiger partial charge in [0.25, 0.3) is 0 Å². The normalized spacial score (nSPS) is 20.1. The number of thiazole rings is 1. The Morgan fingerprint density at radius 1 is 1.39 bits per heavy atom. The van der Waals surface area contributed by atoms with Crippen molar-refractivity contribution in [1.82, 2.24) is 19.7 Å². The SMILES string of the molecule is Cc1ncsc1CCN1CCCC(n2ccc(C(F)(F)F)n2)C1. The van der Waals surface area contributed by atoms with Crippen molar-refractivity contribution in [1.29, 1.82) is 0 Å². The zero-order valence-corrected chi connectivity index (χ0v) is 13.7. The summed E-state index contributed by atoms with van der Waals surface area (Å²) in [6.45, 7) is 4.65. The number of piperidine rings is 1. The van der Waals surface area contributed by atoms with E-state index in [4.69, 9.17) is 0 Å². The first kappa shape index (κ1) is 16.4. The highest BCUT2D eigenvalue weighted by atomic mass is 32.1. The summed E-state index contributed by atoms with van der Waals surface area (Å²) in [5.41, 5.74) is 2.12. The topological polar surface area (TPSA) is 34.0 Å². The number of alkyl halides is 3. The Morgan fingerprint density at radius 3 is 2.87 bits per heavy atom. The van der Waals surface area contributed by atoms with Gasteiger partial charge in [0.1, 0.15) is 0 Å². The molecule has 3 rings (SSSR count). The van der Waals surface area contributed by atoms with E-state index >= 15 is 0 Å². The second-order valence-corrected chi connectivity index (χ2v) is 6.83. The lowest BCUT2D eigenvalue weighted by atomic mass is 10.1. The van der Waals surface area contributed by atoms with E-state index < -0.39 is 11.9 Å². The fourth-order valence-corrected chi connectivity index (χ4v) is 3.74. The highest BCUT2D eigenvalue weighted by molar-refractivity contribution is 7.09. The number of hydrogen-bond donors (Lipinski definition) is 0. The maximum atomic E-state index is 12.7. The zero-order valence-electron chi connectivity index (χ0n) is 12.9. The molecule has 4 nitrogen and oxygen atoms in total. The van der Waals surface area contributed by atoms with Crippen molar-refractivity contribution in [3.05, 3.63) is 34.0 Å². The van der Waals surface area contributed by atoms with Crippen molar-refractivity contribution in [2.24, 2.45) is 0 Å². The van der Waals surface area contributed by atoms with Crippen LogP contribution in [0.4, 0.5) is 13.2 Å². The predicted octanol–water partition coefficient (Wildman–Crippen LogP) is 3.55. The van der Waals surface area contributed by atoms with Crippen LogP contribution in [0, 0.1) is 6.92 Å². The second-order valence-electron chi connectivity index (χ2n) is 5.89. The Balaban J connectivity index is 1.60. The third kappa shape index (κ3) is 3.92. The third-order valence-corrected chi connectivity index (χ3v) is 5.25. The Hall–Kier alpha value is -1.41. The summed E-state index contributed by atoms with van der Waals surface area (Å²) in [4.78, 5) is 7.84. The molecule has 0 N–H and O–H groups in total. The summed E-state index contributed by atoms with van der Waals surface area (Å²) in [5.74, 6) is 0. The van der Waals surface area contributed by atoms with Gasteiger partial charge in [0.2, 0.25) is 0 Å². The van der Waals surface area contributed by atoms with E-state index in [0.717, 1.165) is 50.7 Å². The van der Waals surface area contributed by atoms with Gasteiger partial charge in [0.15, 0.2) is 5.69 Å². The molecule has 8 heteroatoms. The number of likely N-dealkylation sites (tertiary alicyclic amines) is 1. The number of nitrogens with zero attached hydrogens (tertiary/aromatic N) is 4. The molecule has 23 heavy (non-hydrogen) atoms. The van der Waals surface area contributed by atoms with Crippen molar-refractivity contribution in [2.45, 2.75) is 38.4 Å². The van der Waals surface area contributed by atoms with Crippen molar-refractivity contribution in [3.63, 3.8) is 0 Å². The molecule has 1 aliphatic heterocycles. The molecule has 0 amide bonds. The Kier molecular flexibility index (Phi) is 4.72. The smallest absolute Gasteiger partial charge is 0.301 e. The molecule has 126 valence electrons. The van der Waals surface area contributed by atoms with Crippen molar-refractivity contribution in [2.75, 3.05) is 19.6 Å². The van der Waals surface area contributed by atoms with Gasteiger partial charge in [-0.05, 0) is 38.8 Å². The molecule has 0 spiro atoms. The Labute approximate surface area is 136 Å². The molecule has 1 aliphatic rings. The van der Waals surface area contributed by atoms with Crippen LogP contribution in [0.3, 0.4) is 0 Å². The molecule has 2 aromatic rings. The average molecular weight is 344 g/mol. The van der Waals surface area contributed by atoms with Gasteiger partial charge in [-0.3, -0.25) is 4.68 Å². The van der Waals surface area contributed by atoms with Crippen molar-refractivity contribution >= 4 is 11.3 Å². The standard InChI is InChI=1S/C15H19F3N4S/c1-11-13(23-10-19-11)4-7-21-6-2-3-12(9-21)22-8-5-14(20-22)15(16,17)18/h5,8,10,12H,2-4,6-7,9H2,1H3. The van der Waals surface area contributed by atoms with E-state index in [-0.39, 0.29) is 6.04 Å². The fourth-order valence-electron chi connectivity index (χ4n) is 2.97. The molecule has 3 heterocycles. The van der Waals surface area contributed by atoms with E-state index in [9.17, 15) is 13.2 Å². The van der Waals surface area contributed by atoms with Gasteiger partial charge in [-0.25, -0.2) is 4.98 Å². The average Bonchev–Trinajstić information content (AvgIpc) is 3.14. The van der Waals surface area contributed by atoms with Gasteiger partial charge < -0.3 is 4.90 Å². The lowest BCUT2D eigenvalue weighted by molar-refractivity contribution is -0.141. The lowest BCUT2D eigenvalue weighted by Gasteiger charge is -2.32. The van der Waals surface area contributed by atoms with Crippen molar-refractivity contribution < 1.29 is 13.2 Å². The van der Waals surface area contributed by atoms with E-state index in [0.29, 0.717) is 0 Å². The molecule has 0 radical (unpaired) electrons. The lowest BCUT2D eigenvalue weighted by Crippen LogP contribution is -2.38. The first-order valence-corrected chi connectivity index (χ1v) is 8.55. The minimum atomic E-state index is -4.37. The predicted molar refractivity (Wildman–Crippen MR) is 82.5 cm³/mol. The molecule has 0 bridgehead atoms. The van der Waals surface area contributed by atoms with Crippen LogP contribution in [0.2, 0.25) is 0 Å². The van der Waals surface area contributed by atoms with Crippen LogP contribution in [0.25, 0.3) is 0 Å².